The molecule has 0 radical (unpaired) electrons. The Balaban J connectivity index is 2.38. The van der Waals surface area contributed by atoms with Crippen molar-refractivity contribution in [2.45, 2.75) is 12.8 Å². The molecule has 0 spiro atoms. The average Bonchev–Trinajstić information content (AvgIpc) is 2.51. The summed E-state index contributed by atoms with van der Waals surface area (Å²) in [6.45, 7) is 0.974. The highest BCUT2D eigenvalue weighted by atomic mass is 15.5. The van der Waals surface area contributed by atoms with Crippen LogP contribution < -0.4 is 15.9 Å². The summed E-state index contributed by atoms with van der Waals surface area (Å²) in [6.07, 6.45) is 6.01. The van der Waals surface area contributed by atoms with Crippen LogP contribution in [0.2, 0.25) is 0 Å². The van der Waals surface area contributed by atoms with Crippen molar-refractivity contribution in [1.29, 1.82) is 0 Å². The molecule has 2 heterocycles. The second-order valence-electron chi connectivity index (χ2n) is 3.85. The minimum atomic E-state index is 0.974. The SMILES string of the molecule is CN1CC2=c3c(nncc3=CN1)CC2. The van der Waals surface area contributed by atoms with Crippen molar-refractivity contribution in [2.24, 2.45) is 0 Å². The van der Waals surface area contributed by atoms with Gasteiger partial charge in [-0.15, -0.1) is 0 Å². The molecule has 0 saturated carbocycles. The number of nitrogens with one attached hydrogen (secondary N) is 1. The van der Waals surface area contributed by atoms with E-state index in [4.69, 9.17) is 0 Å². The van der Waals surface area contributed by atoms with E-state index in [1.807, 2.05) is 19.4 Å². The molecule has 1 aromatic heterocycles. The van der Waals surface area contributed by atoms with Crippen LogP contribution in [0.15, 0.2) is 6.20 Å². The first-order valence-electron chi connectivity index (χ1n) is 4.85. The maximum Gasteiger partial charge on any atom is 0.0713 e. The first-order valence-corrected chi connectivity index (χ1v) is 4.85. The summed E-state index contributed by atoms with van der Waals surface area (Å²) in [5.74, 6) is 0. The van der Waals surface area contributed by atoms with Crippen LogP contribution in [0.4, 0.5) is 0 Å². The van der Waals surface area contributed by atoms with Gasteiger partial charge in [-0.25, -0.2) is 5.01 Å². The van der Waals surface area contributed by atoms with Crippen LogP contribution in [0.25, 0.3) is 11.8 Å². The number of rotatable bonds is 0. The van der Waals surface area contributed by atoms with E-state index in [0.29, 0.717) is 0 Å². The van der Waals surface area contributed by atoms with Crippen LogP contribution in [0, 0.1) is 0 Å². The molecule has 1 aliphatic heterocycles. The molecule has 0 amide bonds. The third-order valence-electron chi connectivity index (χ3n) is 2.84. The lowest BCUT2D eigenvalue weighted by molar-refractivity contribution is 0.326. The van der Waals surface area contributed by atoms with E-state index in [-0.39, 0.29) is 0 Å². The van der Waals surface area contributed by atoms with Crippen molar-refractivity contribution in [3.05, 3.63) is 22.3 Å². The maximum absolute atomic E-state index is 4.18. The summed E-state index contributed by atoms with van der Waals surface area (Å²) < 4.78 is 0. The first kappa shape index (κ1) is 7.94. The second kappa shape index (κ2) is 2.78. The van der Waals surface area contributed by atoms with Gasteiger partial charge >= 0.3 is 0 Å². The van der Waals surface area contributed by atoms with Gasteiger partial charge in [0, 0.05) is 30.2 Å². The van der Waals surface area contributed by atoms with E-state index in [0.717, 1.165) is 25.1 Å². The minimum absolute atomic E-state index is 0.974. The largest absolute Gasteiger partial charge is 0.325 e. The molecular weight excluding hydrogens is 176 g/mol. The normalized spacial score (nSPS) is 19.6. The summed E-state index contributed by atoms with van der Waals surface area (Å²) >= 11 is 0. The second-order valence-corrected chi connectivity index (χ2v) is 3.85. The predicted octanol–water partition coefficient (Wildman–Crippen LogP) is -1.24. The van der Waals surface area contributed by atoms with Crippen molar-refractivity contribution in [3.63, 3.8) is 0 Å². The molecule has 0 atom stereocenters. The fraction of sp³-hybridized carbons (Fsp3) is 0.400. The number of hydrogen-bond donors (Lipinski definition) is 1. The van der Waals surface area contributed by atoms with Crippen molar-refractivity contribution >= 4 is 11.8 Å². The molecular formula is C10H12N4. The zero-order chi connectivity index (χ0) is 9.54. The van der Waals surface area contributed by atoms with E-state index >= 15 is 0 Å². The molecule has 3 rings (SSSR count). The van der Waals surface area contributed by atoms with Gasteiger partial charge in [0.1, 0.15) is 0 Å². The van der Waals surface area contributed by atoms with Gasteiger partial charge in [0.25, 0.3) is 0 Å². The molecule has 0 fully saturated rings. The van der Waals surface area contributed by atoms with Crippen LogP contribution in [0.3, 0.4) is 0 Å². The molecule has 0 unspecified atom stereocenters. The molecule has 1 N–H and O–H groups in total. The highest BCUT2D eigenvalue weighted by Crippen LogP contribution is 2.12. The fourth-order valence-electron chi connectivity index (χ4n) is 2.20. The van der Waals surface area contributed by atoms with E-state index in [1.165, 1.54) is 16.0 Å². The Morgan fingerprint density at radius 3 is 3.29 bits per heavy atom. The van der Waals surface area contributed by atoms with Gasteiger partial charge in [0.15, 0.2) is 0 Å². The average molecular weight is 188 g/mol. The van der Waals surface area contributed by atoms with Crippen molar-refractivity contribution in [3.8, 4) is 0 Å². The summed E-state index contributed by atoms with van der Waals surface area (Å²) in [5, 5.41) is 12.8. The number of aromatic nitrogens is 2. The minimum Gasteiger partial charge on any atom is -0.325 e. The Morgan fingerprint density at radius 1 is 1.43 bits per heavy atom. The van der Waals surface area contributed by atoms with Crippen LogP contribution >= 0.6 is 0 Å². The number of hydrazine groups is 1. The van der Waals surface area contributed by atoms with E-state index in [9.17, 15) is 0 Å². The number of hydrogen-bond acceptors (Lipinski definition) is 4. The molecule has 4 heteroatoms. The standard InChI is InChI=1S/C10H12N4/c1-14-6-7-2-3-9-10(7)8(5-12-14)4-11-13-9/h4-5,12H,2-3,6H2,1H3. The summed E-state index contributed by atoms with van der Waals surface area (Å²) in [7, 11) is 2.05. The fourth-order valence-corrected chi connectivity index (χ4v) is 2.20. The third kappa shape index (κ3) is 1.04. The lowest BCUT2D eigenvalue weighted by atomic mass is 10.2. The summed E-state index contributed by atoms with van der Waals surface area (Å²) in [4.78, 5) is 0. The van der Waals surface area contributed by atoms with Gasteiger partial charge in [0.05, 0.1) is 11.9 Å². The Kier molecular flexibility index (Phi) is 1.58. The smallest absolute Gasteiger partial charge is 0.0713 e. The molecule has 0 bridgehead atoms. The third-order valence-corrected chi connectivity index (χ3v) is 2.84. The zero-order valence-electron chi connectivity index (χ0n) is 8.12. The topological polar surface area (TPSA) is 41.1 Å². The van der Waals surface area contributed by atoms with E-state index in [1.54, 1.807) is 0 Å². The number of nitrogens with zero attached hydrogens (tertiary/aromatic N) is 3. The Hall–Kier alpha value is -1.42. The molecule has 2 aliphatic rings. The quantitative estimate of drug-likeness (QED) is 0.553. The zero-order valence-corrected chi connectivity index (χ0v) is 8.12. The Labute approximate surface area is 81.9 Å². The molecule has 1 aliphatic carbocycles. The van der Waals surface area contributed by atoms with Crippen molar-refractivity contribution in [1.82, 2.24) is 20.6 Å². The Morgan fingerprint density at radius 2 is 2.36 bits per heavy atom. The van der Waals surface area contributed by atoms with Gasteiger partial charge < -0.3 is 5.43 Å². The number of aryl methyl sites for hydroxylation is 1. The van der Waals surface area contributed by atoms with Gasteiger partial charge in [-0.05, 0) is 18.4 Å². The molecule has 1 aromatic rings. The predicted molar refractivity (Wildman–Crippen MR) is 53.2 cm³/mol. The summed E-state index contributed by atoms with van der Waals surface area (Å²) in [6, 6.07) is 0. The lowest BCUT2D eigenvalue weighted by Crippen LogP contribution is -2.31. The Bertz CT molecular complexity index is 491. The van der Waals surface area contributed by atoms with E-state index in [2.05, 4.69) is 20.6 Å². The highest BCUT2D eigenvalue weighted by Gasteiger charge is 2.17. The van der Waals surface area contributed by atoms with Crippen molar-refractivity contribution in [2.75, 3.05) is 13.6 Å². The summed E-state index contributed by atoms with van der Waals surface area (Å²) in [5.41, 5.74) is 5.85. The first-order chi connectivity index (χ1) is 6.84. The molecule has 0 aromatic carbocycles. The molecule has 4 nitrogen and oxygen atoms in total. The van der Waals surface area contributed by atoms with Gasteiger partial charge in [-0.3, -0.25) is 0 Å². The van der Waals surface area contributed by atoms with Crippen LogP contribution in [0.5, 0.6) is 0 Å². The van der Waals surface area contributed by atoms with Crippen LogP contribution in [-0.2, 0) is 6.42 Å². The van der Waals surface area contributed by atoms with Gasteiger partial charge in [-0.1, -0.05) is 0 Å². The van der Waals surface area contributed by atoms with E-state index < -0.39 is 0 Å². The lowest BCUT2D eigenvalue weighted by Gasteiger charge is -2.15. The van der Waals surface area contributed by atoms with Gasteiger partial charge in [0.2, 0.25) is 0 Å². The highest BCUT2D eigenvalue weighted by molar-refractivity contribution is 5.53. The van der Waals surface area contributed by atoms with Crippen LogP contribution in [0.1, 0.15) is 12.1 Å². The van der Waals surface area contributed by atoms with Gasteiger partial charge in [-0.2, -0.15) is 10.2 Å². The monoisotopic (exact) mass is 188 g/mol. The molecule has 0 saturated heterocycles. The molecule has 14 heavy (non-hydrogen) atoms. The maximum atomic E-state index is 4.18. The molecule has 72 valence electrons. The van der Waals surface area contributed by atoms with Crippen LogP contribution in [-0.4, -0.2) is 28.8 Å². The van der Waals surface area contributed by atoms with Crippen molar-refractivity contribution < 1.29 is 0 Å².